The average molecular weight is 291 g/mol. The fraction of sp³-hybridized carbons (Fsp3) is 0.667. The van der Waals surface area contributed by atoms with Crippen LogP contribution in [0.1, 0.15) is 13.3 Å². The van der Waals surface area contributed by atoms with E-state index >= 15 is 0 Å². The van der Waals surface area contributed by atoms with Gasteiger partial charge in [-0.15, -0.1) is 0 Å². The summed E-state index contributed by atoms with van der Waals surface area (Å²) in [7, 11) is 1.72. The summed E-state index contributed by atoms with van der Waals surface area (Å²) < 4.78 is 26.8. The van der Waals surface area contributed by atoms with Crippen LogP contribution in [-0.4, -0.2) is 47.0 Å². The molecule has 1 aliphatic heterocycles. The van der Waals surface area contributed by atoms with Crippen molar-refractivity contribution in [2.45, 2.75) is 25.3 Å². The van der Waals surface area contributed by atoms with Crippen molar-refractivity contribution >= 4 is 17.5 Å². The maximum atomic E-state index is 13.4. The lowest BCUT2D eigenvalue weighted by atomic mass is 9.89. The molecular weight excluding hydrogens is 274 g/mol. The van der Waals surface area contributed by atoms with E-state index in [1.54, 1.807) is 11.9 Å². The van der Waals surface area contributed by atoms with Gasteiger partial charge in [-0.25, -0.2) is 18.7 Å². The van der Waals surface area contributed by atoms with Crippen LogP contribution in [0.25, 0.3) is 0 Å². The van der Waals surface area contributed by atoms with Crippen LogP contribution in [0.3, 0.4) is 0 Å². The molecular formula is C12H17ClF2N4. The van der Waals surface area contributed by atoms with Gasteiger partial charge in [-0.2, -0.15) is 0 Å². The van der Waals surface area contributed by atoms with Gasteiger partial charge in [-0.3, -0.25) is 4.90 Å². The fourth-order valence-electron chi connectivity index (χ4n) is 2.54. The van der Waals surface area contributed by atoms with Crippen LogP contribution >= 0.6 is 11.6 Å². The number of rotatable bonds is 3. The van der Waals surface area contributed by atoms with Crippen LogP contribution in [0.4, 0.5) is 14.7 Å². The first-order valence-corrected chi connectivity index (χ1v) is 6.55. The Labute approximate surface area is 116 Å². The molecule has 0 bridgehead atoms. The zero-order chi connectivity index (χ0) is 14.0. The molecule has 0 saturated carbocycles. The summed E-state index contributed by atoms with van der Waals surface area (Å²) in [5.74, 6) is -2.22. The minimum absolute atomic E-state index is 0.0407. The predicted octanol–water partition coefficient (Wildman–Crippen LogP) is 2.52. The Kier molecular flexibility index (Phi) is 4.20. The summed E-state index contributed by atoms with van der Waals surface area (Å²) >= 11 is 5.69. The Hall–Kier alpha value is -1.01. The van der Waals surface area contributed by atoms with Gasteiger partial charge in [-0.1, -0.05) is 18.5 Å². The molecule has 19 heavy (non-hydrogen) atoms. The molecule has 0 amide bonds. The second-order valence-corrected chi connectivity index (χ2v) is 5.56. The fourth-order valence-corrected chi connectivity index (χ4v) is 2.64. The second-order valence-electron chi connectivity index (χ2n) is 5.13. The molecule has 106 valence electrons. The van der Waals surface area contributed by atoms with Gasteiger partial charge >= 0.3 is 0 Å². The Morgan fingerprint density at radius 2 is 2.11 bits per heavy atom. The van der Waals surface area contributed by atoms with E-state index in [4.69, 9.17) is 11.6 Å². The van der Waals surface area contributed by atoms with Crippen LogP contribution in [-0.2, 0) is 0 Å². The standard InChI is InChI=1S/C12H17ClF2N4/c1-8-3-12(14,15)7-19(2)10(8)6-18-11-16-4-9(13)5-17-11/h4-5,8,10H,3,6-7H2,1-2H3,(H,16,17,18)/t8-,10?/m1/s1. The first-order chi connectivity index (χ1) is 8.87. The van der Waals surface area contributed by atoms with Crippen molar-refractivity contribution in [1.82, 2.24) is 14.9 Å². The van der Waals surface area contributed by atoms with Crippen LogP contribution in [0, 0.1) is 5.92 Å². The van der Waals surface area contributed by atoms with Crippen LogP contribution < -0.4 is 5.32 Å². The summed E-state index contributed by atoms with van der Waals surface area (Å²) in [4.78, 5) is 9.73. The van der Waals surface area contributed by atoms with E-state index < -0.39 is 5.92 Å². The van der Waals surface area contributed by atoms with Crippen molar-refractivity contribution in [3.05, 3.63) is 17.4 Å². The monoisotopic (exact) mass is 290 g/mol. The SMILES string of the molecule is C[C@@H]1CC(F)(F)CN(C)C1CNc1ncc(Cl)cn1. The molecule has 1 aliphatic rings. The number of halogens is 3. The van der Waals surface area contributed by atoms with Crippen molar-refractivity contribution in [2.75, 3.05) is 25.5 Å². The molecule has 1 fully saturated rings. The number of hydrogen-bond donors (Lipinski definition) is 1. The maximum Gasteiger partial charge on any atom is 0.260 e. The van der Waals surface area contributed by atoms with Gasteiger partial charge in [0, 0.05) is 19.0 Å². The minimum atomic E-state index is -2.60. The number of alkyl halides is 2. The zero-order valence-corrected chi connectivity index (χ0v) is 11.7. The van der Waals surface area contributed by atoms with E-state index in [2.05, 4.69) is 15.3 Å². The smallest absolute Gasteiger partial charge is 0.260 e. The molecule has 1 unspecified atom stereocenters. The van der Waals surface area contributed by atoms with Gasteiger partial charge in [0.2, 0.25) is 5.95 Å². The molecule has 2 atom stereocenters. The number of likely N-dealkylation sites (N-methyl/N-ethyl adjacent to an activating group) is 1. The molecule has 2 heterocycles. The Balaban J connectivity index is 1.94. The Bertz CT molecular complexity index is 412. The summed E-state index contributed by atoms with van der Waals surface area (Å²) in [5, 5.41) is 3.53. The van der Waals surface area contributed by atoms with Crippen molar-refractivity contribution < 1.29 is 8.78 Å². The minimum Gasteiger partial charge on any atom is -0.353 e. The van der Waals surface area contributed by atoms with E-state index in [-0.39, 0.29) is 24.9 Å². The molecule has 2 rings (SSSR count). The summed E-state index contributed by atoms with van der Waals surface area (Å²) in [6.45, 7) is 2.18. The van der Waals surface area contributed by atoms with Crippen molar-refractivity contribution in [1.29, 1.82) is 0 Å². The quantitative estimate of drug-likeness (QED) is 0.929. The third kappa shape index (κ3) is 3.73. The van der Waals surface area contributed by atoms with E-state index in [9.17, 15) is 8.78 Å². The highest BCUT2D eigenvalue weighted by Crippen LogP contribution is 2.33. The average Bonchev–Trinajstić information content (AvgIpc) is 2.29. The first kappa shape index (κ1) is 14.4. The highest BCUT2D eigenvalue weighted by atomic mass is 35.5. The van der Waals surface area contributed by atoms with Crippen LogP contribution in [0.15, 0.2) is 12.4 Å². The summed E-state index contributed by atoms with van der Waals surface area (Å²) in [5.41, 5.74) is 0. The first-order valence-electron chi connectivity index (χ1n) is 6.17. The van der Waals surface area contributed by atoms with Crippen molar-refractivity contribution in [2.24, 2.45) is 5.92 Å². The molecule has 0 aromatic carbocycles. The molecule has 7 heteroatoms. The summed E-state index contributed by atoms with van der Waals surface area (Å²) in [6.07, 6.45) is 2.92. The Morgan fingerprint density at radius 3 is 2.68 bits per heavy atom. The molecule has 0 aliphatic carbocycles. The lowest BCUT2D eigenvalue weighted by Crippen LogP contribution is -2.53. The summed E-state index contributed by atoms with van der Waals surface area (Å²) in [6, 6.07) is 0.0407. The van der Waals surface area contributed by atoms with Crippen LogP contribution in [0.2, 0.25) is 5.02 Å². The largest absolute Gasteiger partial charge is 0.353 e. The zero-order valence-electron chi connectivity index (χ0n) is 10.9. The van der Waals surface area contributed by atoms with Crippen molar-refractivity contribution in [3.8, 4) is 0 Å². The molecule has 1 saturated heterocycles. The third-order valence-corrected chi connectivity index (χ3v) is 3.61. The number of anilines is 1. The molecule has 1 N–H and O–H groups in total. The molecule has 1 aromatic heterocycles. The highest BCUT2D eigenvalue weighted by molar-refractivity contribution is 6.30. The van der Waals surface area contributed by atoms with E-state index in [0.29, 0.717) is 17.5 Å². The normalized spacial score (nSPS) is 27.2. The molecule has 0 radical (unpaired) electrons. The molecule has 1 aromatic rings. The topological polar surface area (TPSA) is 41.0 Å². The Morgan fingerprint density at radius 1 is 1.47 bits per heavy atom. The van der Waals surface area contributed by atoms with Gasteiger partial charge in [0.15, 0.2) is 0 Å². The number of aromatic nitrogens is 2. The van der Waals surface area contributed by atoms with Crippen LogP contribution in [0.5, 0.6) is 0 Å². The van der Waals surface area contributed by atoms with Crippen molar-refractivity contribution in [3.63, 3.8) is 0 Å². The van der Waals surface area contributed by atoms with E-state index in [0.717, 1.165) is 0 Å². The maximum absolute atomic E-state index is 13.4. The number of nitrogens with zero attached hydrogens (tertiary/aromatic N) is 3. The molecule has 0 spiro atoms. The number of piperidine rings is 1. The third-order valence-electron chi connectivity index (χ3n) is 3.41. The lowest BCUT2D eigenvalue weighted by Gasteiger charge is -2.41. The van der Waals surface area contributed by atoms with E-state index in [1.165, 1.54) is 12.4 Å². The number of likely N-dealkylation sites (tertiary alicyclic amines) is 1. The number of hydrogen-bond acceptors (Lipinski definition) is 4. The van der Waals surface area contributed by atoms with Gasteiger partial charge < -0.3 is 5.32 Å². The second kappa shape index (κ2) is 5.54. The lowest BCUT2D eigenvalue weighted by molar-refractivity contribution is -0.0934. The van der Waals surface area contributed by atoms with Gasteiger partial charge in [0.05, 0.1) is 24.0 Å². The van der Waals surface area contributed by atoms with Gasteiger partial charge in [0.1, 0.15) is 0 Å². The molecule has 4 nitrogen and oxygen atoms in total. The van der Waals surface area contributed by atoms with Gasteiger partial charge in [0.25, 0.3) is 5.92 Å². The predicted molar refractivity (Wildman–Crippen MR) is 70.7 cm³/mol. The number of nitrogens with one attached hydrogen (secondary N) is 1. The van der Waals surface area contributed by atoms with E-state index in [1.807, 2.05) is 6.92 Å². The highest BCUT2D eigenvalue weighted by Gasteiger charge is 2.42. The van der Waals surface area contributed by atoms with Gasteiger partial charge in [-0.05, 0) is 13.0 Å².